The number of allylic oxidation sites excluding steroid dienone is 5. The molecule has 0 N–H and O–H groups in total. The second kappa shape index (κ2) is 4.73. The zero-order valence-corrected chi connectivity index (χ0v) is 14.2. The highest BCUT2D eigenvalue weighted by Crippen LogP contribution is 2.39. The molecule has 1 nitrogen and oxygen atoms in total. The molecule has 0 spiro atoms. The van der Waals surface area contributed by atoms with E-state index in [0.717, 1.165) is 5.76 Å². The average Bonchev–Trinajstić information content (AvgIpc) is 2.29. The van der Waals surface area contributed by atoms with Gasteiger partial charge in [0, 0.05) is 5.41 Å². The number of rotatable bonds is 2. The van der Waals surface area contributed by atoms with Gasteiger partial charge in [0.1, 0.15) is 5.76 Å². The van der Waals surface area contributed by atoms with Gasteiger partial charge in [0.2, 0.25) is 8.32 Å². The minimum absolute atomic E-state index is 0.111. The highest BCUT2D eigenvalue weighted by Gasteiger charge is 2.39. The van der Waals surface area contributed by atoms with Crippen LogP contribution in [0.3, 0.4) is 0 Å². The van der Waals surface area contributed by atoms with E-state index in [1.54, 1.807) is 0 Å². The lowest BCUT2D eigenvalue weighted by atomic mass is 9.93. The maximum Gasteiger partial charge on any atom is 0.250 e. The Balaban J connectivity index is 3.02. The van der Waals surface area contributed by atoms with Gasteiger partial charge in [-0.1, -0.05) is 52.8 Å². The standard InChI is InChI=1S/C16H28OSi/c1-13-9-11-16(5,6)12-10-14(13)17-18(7,8)15(2,3)4/h9-12H,1-8H3. The predicted octanol–water partition coefficient (Wildman–Crippen LogP) is 5.43. The summed E-state index contributed by atoms with van der Waals surface area (Å²) < 4.78 is 6.41. The molecular formula is C16H28OSi. The monoisotopic (exact) mass is 264 g/mol. The normalized spacial score (nSPS) is 20.0. The summed E-state index contributed by atoms with van der Waals surface area (Å²) in [6.45, 7) is 18.0. The molecule has 0 radical (unpaired) electrons. The van der Waals surface area contributed by atoms with Crippen LogP contribution >= 0.6 is 0 Å². The minimum atomic E-state index is -1.75. The molecule has 0 saturated carbocycles. The lowest BCUT2D eigenvalue weighted by Crippen LogP contribution is -2.40. The fourth-order valence-corrected chi connectivity index (χ4v) is 2.53. The lowest BCUT2D eigenvalue weighted by Gasteiger charge is -2.37. The van der Waals surface area contributed by atoms with Gasteiger partial charge in [-0.2, -0.15) is 0 Å². The second-order valence-corrected chi connectivity index (χ2v) is 12.1. The van der Waals surface area contributed by atoms with Crippen molar-refractivity contribution in [2.75, 3.05) is 0 Å². The van der Waals surface area contributed by atoms with Crippen LogP contribution in [-0.4, -0.2) is 8.32 Å². The molecule has 0 saturated heterocycles. The van der Waals surface area contributed by atoms with E-state index in [9.17, 15) is 0 Å². The highest BCUT2D eigenvalue weighted by atomic mass is 28.4. The maximum absolute atomic E-state index is 6.41. The van der Waals surface area contributed by atoms with E-state index in [1.165, 1.54) is 5.57 Å². The topological polar surface area (TPSA) is 9.23 Å². The Hall–Kier alpha value is -0.763. The molecule has 0 bridgehead atoms. The molecule has 0 amide bonds. The van der Waals surface area contributed by atoms with E-state index in [0.29, 0.717) is 0 Å². The van der Waals surface area contributed by atoms with Crippen LogP contribution in [0.1, 0.15) is 41.5 Å². The quantitative estimate of drug-likeness (QED) is 0.604. The van der Waals surface area contributed by atoms with E-state index in [4.69, 9.17) is 4.43 Å². The molecule has 0 unspecified atom stereocenters. The van der Waals surface area contributed by atoms with E-state index in [2.05, 4.69) is 78.9 Å². The fraction of sp³-hybridized carbons (Fsp3) is 0.625. The summed E-state index contributed by atoms with van der Waals surface area (Å²) in [4.78, 5) is 0. The summed E-state index contributed by atoms with van der Waals surface area (Å²) in [5.74, 6) is 1.04. The Kier molecular flexibility index (Phi) is 4.02. The molecular weight excluding hydrogens is 236 g/mol. The summed E-state index contributed by atoms with van der Waals surface area (Å²) in [6, 6.07) is 0. The van der Waals surface area contributed by atoms with Crippen LogP contribution in [0.4, 0.5) is 0 Å². The number of hydrogen-bond acceptors (Lipinski definition) is 1. The van der Waals surface area contributed by atoms with Crippen LogP contribution < -0.4 is 0 Å². The van der Waals surface area contributed by atoms with Crippen LogP contribution in [0.15, 0.2) is 35.6 Å². The average molecular weight is 264 g/mol. The molecule has 0 aromatic carbocycles. The molecule has 102 valence electrons. The lowest BCUT2D eigenvalue weighted by molar-refractivity contribution is 0.396. The molecule has 0 aliphatic heterocycles. The Morgan fingerprint density at radius 3 is 2.06 bits per heavy atom. The highest BCUT2D eigenvalue weighted by molar-refractivity contribution is 6.74. The molecule has 2 heteroatoms. The summed E-state index contributed by atoms with van der Waals surface area (Å²) in [7, 11) is -1.75. The van der Waals surface area contributed by atoms with E-state index in [-0.39, 0.29) is 10.5 Å². The first-order valence-electron chi connectivity index (χ1n) is 6.73. The summed E-state index contributed by atoms with van der Waals surface area (Å²) in [5, 5.41) is 0.236. The van der Waals surface area contributed by atoms with Crippen molar-refractivity contribution in [1.82, 2.24) is 0 Å². The van der Waals surface area contributed by atoms with Crippen molar-refractivity contribution < 1.29 is 4.43 Å². The van der Waals surface area contributed by atoms with Crippen LogP contribution in [-0.2, 0) is 4.43 Å². The van der Waals surface area contributed by atoms with Gasteiger partial charge in [0.15, 0.2) is 0 Å². The molecule has 0 aromatic heterocycles. The van der Waals surface area contributed by atoms with Crippen molar-refractivity contribution in [3.8, 4) is 0 Å². The van der Waals surface area contributed by atoms with Crippen molar-refractivity contribution in [3.63, 3.8) is 0 Å². The molecule has 0 fully saturated rings. The number of hydrogen-bond donors (Lipinski definition) is 0. The molecule has 1 rings (SSSR count). The van der Waals surface area contributed by atoms with Gasteiger partial charge in [-0.05, 0) is 36.7 Å². The molecule has 0 aromatic rings. The van der Waals surface area contributed by atoms with Gasteiger partial charge in [-0.25, -0.2) is 0 Å². The molecule has 0 atom stereocenters. The first kappa shape index (κ1) is 15.3. The first-order valence-corrected chi connectivity index (χ1v) is 9.64. The fourth-order valence-electron chi connectivity index (χ4n) is 1.44. The van der Waals surface area contributed by atoms with Crippen LogP contribution in [0, 0.1) is 5.41 Å². The third-order valence-corrected chi connectivity index (χ3v) is 8.33. The van der Waals surface area contributed by atoms with Crippen molar-refractivity contribution >= 4 is 8.32 Å². The van der Waals surface area contributed by atoms with Crippen LogP contribution in [0.2, 0.25) is 18.1 Å². The Bertz CT molecular complexity index is 403. The van der Waals surface area contributed by atoms with Crippen molar-refractivity contribution in [1.29, 1.82) is 0 Å². The van der Waals surface area contributed by atoms with Gasteiger partial charge in [0.25, 0.3) is 0 Å². The Morgan fingerprint density at radius 1 is 1.06 bits per heavy atom. The van der Waals surface area contributed by atoms with Crippen LogP contribution in [0.5, 0.6) is 0 Å². The van der Waals surface area contributed by atoms with E-state index in [1.807, 2.05) is 0 Å². The van der Waals surface area contributed by atoms with Gasteiger partial charge < -0.3 is 4.43 Å². The second-order valence-electron chi connectivity index (χ2n) is 7.40. The third kappa shape index (κ3) is 3.61. The molecule has 18 heavy (non-hydrogen) atoms. The SMILES string of the molecule is CC1=C(O[Si](C)(C)C(C)(C)C)C=CC(C)(C)C=C1. The van der Waals surface area contributed by atoms with Gasteiger partial charge in [0.05, 0.1) is 0 Å². The molecule has 1 aliphatic carbocycles. The van der Waals surface area contributed by atoms with Crippen molar-refractivity contribution in [2.45, 2.75) is 59.7 Å². The summed E-state index contributed by atoms with van der Waals surface area (Å²) in [5.41, 5.74) is 1.33. The molecule has 1 aliphatic rings. The predicted molar refractivity (Wildman–Crippen MR) is 83.0 cm³/mol. The van der Waals surface area contributed by atoms with Crippen LogP contribution in [0.25, 0.3) is 0 Å². The van der Waals surface area contributed by atoms with Gasteiger partial charge in [-0.15, -0.1) is 0 Å². The molecule has 0 heterocycles. The Morgan fingerprint density at radius 2 is 1.56 bits per heavy atom. The minimum Gasteiger partial charge on any atom is -0.543 e. The van der Waals surface area contributed by atoms with E-state index >= 15 is 0 Å². The smallest absolute Gasteiger partial charge is 0.250 e. The maximum atomic E-state index is 6.41. The largest absolute Gasteiger partial charge is 0.543 e. The van der Waals surface area contributed by atoms with E-state index < -0.39 is 8.32 Å². The third-order valence-electron chi connectivity index (χ3n) is 3.99. The van der Waals surface area contributed by atoms with Gasteiger partial charge in [-0.3, -0.25) is 0 Å². The van der Waals surface area contributed by atoms with Gasteiger partial charge >= 0.3 is 0 Å². The zero-order chi connectivity index (χ0) is 14.2. The van der Waals surface area contributed by atoms with Crippen molar-refractivity contribution in [2.24, 2.45) is 5.41 Å². The summed E-state index contributed by atoms with van der Waals surface area (Å²) in [6.07, 6.45) is 8.79. The first-order chi connectivity index (χ1) is 7.95. The van der Waals surface area contributed by atoms with Crippen molar-refractivity contribution in [3.05, 3.63) is 35.6 Å². The zero-order valence-electron chi connectivity index (χ0n) is 13.2. The Labute approximate surface area is 114 Å². The summed E-state index contributed by atoms with van der Waals surface area (Å²) >= 11 is 0.